The van der Waals surface area contributed by atoms with E-state index in [0.717, 1.165) is 34.3 Å². The Morgan fingerprint density at radius 3 is 2.31 bits per heavy atom. The van der Waals surface area contributed by atoms with Crippen molar-refractivity contribution in [2.75, 3.05) is 30.9 Å². The minimum atomic E-state index is -4.81. The average Bonchev–Trinajstić information content (AvgIpc) is 2.77. The largest absolute Gasteiger partial charge is 0.417 e. The van der Waals surface area contributed by atoms with E-state index in [1.54, 1.807) is 12.4 Å². The van der Waals surface area contributed by atoms with Gasteiger partial charge in [-0.05, 0) is 36.1 Å². The Bertz CT molecular complexity index is 1390. The number of benzene rings is 2. The van der Waals surface area contributed by atoms with Gasteiger partial charge in [-0.1, -0.05) is 35.5 Å². The zero-order valence-corrected chi connectivity index (χ0v) is 21.2. The summed E-state index contributed by atoms with van der Waals surface area (Å²) in [6, 6.07) is 6.71. The fourth-order valence-electron chi connectivity index (χ4n) is 3.34. The van der Waals surface area contributed by atoms with E-state index >= 15 is 0 Å². The Morgan fingerprint density at radius 1 is 1.20 bits per heavy atom. The minimum absolute atomic E-state index is 0.0262. The van der Waals surface area contributed by atoms with E-state index < -0.39 is 31.6 Å². The number of sulfonamides is 1. The van der Waals surface area contributed by atoms with Gasteiger partial charge in [0.15, 0.2) is 21.2 Å². The Kier molecular flexibility index (Phi) is 8.07. The van der Waals surface area contributed by atoms with Gasteiger partial charge < -0.3 is 0 Å². The van der Waals surface area contributed by atoms with Crippen LogP contribution in [-0.2, 0) is 26.0 Å². The molecule has 188 valence electrons. The van der Waals surface area contributed by atoms with Crippen molar-refractivity contribution in [1.82, 2.24) is 9.62 Å². The van der Waals surface area contributed by atoms with Gasteiger partial charge in [-0.15, -0.1) is 0 Å². The molecule has 1 fully saturated rings. The van der Waals surface area contributed by atoms with Crippen molar-refractivity contribution in [3.8, 4) is 17.3 Å². The van der Waals surface area contributed by atoms with E-state index in [9.17, 15) is 30.0 Å². The summed E-state index contributed by atoms with van der Waals surface area (Å²) in [6.07, 6.45) is -1.58. The third kappa shape index (κ3) is 6.28. The number of alkyl halides is 3. The first-order chi connectivity index (χ1) is 16.3. The van der Waals surface area contributed by atoms with Crippen molar-refractivity contribution < 1.29 is 30.0 Å². The normalized spacial score (nSPS) is 17.1. The second-order valence-electron chi connectivity index (χ2n) is 7.29. The van der Waals surface area contributed by atoms with Gasteiger partial charge in [-0.3, -0.25) is 5.32 Å². The molecule has 1 saturated heterocycles. The predicted molar refractivity (Wildman–Crippen MR) is 129 cm³/mol. The van der Waals surface area contributed by atoms with Crippen LogP contribution in [0.5, 0.6) is 0 Å². The number of thioether (sulfide) groups is 1. The van der Waals surface area contributed by atoms with Crippen LogP contribution in [-0.4, -0.2) is 57.2 Å². The molecule has 1 aliphatic rings. The van der Waals surface area contributed by atoms with Crippen molar-refractivity contribution in [2.45, 2.75) is 11.1 Å². The maximum Gasteiger partial charge on any atom is 0.417 e. The molecule has 0 unspecified atom stereocenters. The molecule has 1 heterocycles. The summed E-state index contributed by atoms with van der Waals surface area (Å²) in [5.74, 6) is -0.600. The van der Waals surface area contributed by atoms with Crippen molar-refractivity contribution in [1.29, 1.82) is 5.26 Å². The fraction of sp³-hybridized carbons (Fsp3) is 0.300. The molecule has 3 rings (SSSR count). The van der Waals surface area contributed by atoms with E-state index in [2.05, 4.69) is 10.3 Å². The summed E-state index contributed by atoms with van der Waals surface area (Å²) in [5.41, 5.74) is -1.54. The maximum absolute atomic E-state index is 13.9. The molecule has 0 aromatic heterocycles. The molecule has 0 atom stereocenters. The quantitative estimate of drug-likeness (QED) is 0.258. The lowest BCUT2D eigenvalue weighted by Gasteiger charge is -2.26. The number of sulfone groups is 1. The lowest BCUT2D eigenvalue weighted by Crippen LogP contribution is -2.43. The molecule has 0 spiro atoms. The molecule has 35 heavy (non-hydrogen) atoms. The number of aliphatic imine (C=N–C) groups is 1. The van der Waals surface area contributed by atoms with Crippen LogP contribution in [0, 0.1) is 11.5 Å². The first kappa shape index (κ1) is 27.3. The summed E-state index contributed by atoms with van der Waals surface area (Å²) >= 11 is 7.23. The Balaban J connectivity index is 2.01. The molecule has 0 radical (unpaired) electrons. The maximum atomic E-state index is 13.9. The number of nitrogens with zero attached hydrogens (tertiary/aromatic N) is 3. The second-order valence-corrected chi connectivity index (χ2v) is 12.7. The van der Waals surface area contributed by atoms with Gasteiger partial charge in [-0.25, -0.2) is 21.8 Å². The van der Waals surface area contributed by atoms with Crippen molar-refractivity contribution in [2.24, 2.45) is 4.99 Å². The third-order valence-corrected chi connectivity index (χ3v) is 9.45. The van der Waals surface area contributed by atoms with Crippen molar-refractivity contribution >= 4 is 54.1 Å². The smallest absolute Gasteiger partial charge is 0.271 e. The zero-order valence-electron chi connectivity index (χ0n) is 18.0. The standard InChI is InChI=1S/C20H18ClF3N4O4S3/c1-33-19(26-12-25)27-14-10-16(20(22,23)24)18(17(21)11-14)13-2-4-15(5-3-13)35(31,32)28-6-8-34(29,30)9-7-28/h2-5,10-11H,6-9H2,1H3,(H,26,27). The molecule has 0 amide bonds. The Hall–Kier alpha value is -2.31. The van der Waals surface area contributed by atoms with E-state index in [0.29, 0.717) is 0 Å². The lowest BCUT2D eigenvalue weighted by atomic mass is 9.98. The summed E-state index contributed by atoms with van der Waals surface area (Å²) in [7, 11) is -7.33. The topological polar surface area (TPSA) is 120 Å². The predicted octanol–water partition coefficient (Wildman–Crippen LogP) is 3.87. The molecule has 0 aliphatic carbocycles. The van der Waals surface area contributed by atoms with Crippen LogP contribution in [0.1, 0.15) is 5.56 Å². The second kappa shape index (κ2) is 10.4. The first-order valence-electron chi connectivity index (χ1n) is 9.78. The number of nitrogens with one attached hydrogen (secondary N) is 1. The van der Waals surface area contributed by atoms with Crippen LogP contribution in [0.15, 0.2) is 46.3 Å². The molecule has 1 aliphatic heterocycles. The number of hydrogen-bond acceptors (Lipinski definition) is 7. The van der Waals surface area contributed by atoms with Gasteiger partial charge in [0.1, 0.15) is 0 Å². The van der Waals surface area contributed by atoms with E-state index in [1.165, 1.54) is 18.2 Å². The molecule has 2 aromatic carbocycles. The average molecular weight is 567 g/mol. The molecule has 0 saturated carbocycles. The van der Waals surface area contributed by atoms with Crippen LogP contribution < -0.4 is 5.32 Å². The number of hydrogen-bond donors (Lipinski definition) is 1. The zero-order chi connectivity index (χ0) is 26.0. The SMILES string of the molecule is CSC(=Nc1cc(Cl)c(-c2ccc(S(=O)(=O)N3CCS(=O)(=O)CC3)cc2)c(C(F)(F)F)c1)NC#N. The van der Waals surface area contributed by atoms with E-state index in [4.69, 9.17) is 16.9 Å². The van der Waals surface area contributed by atoms with Crippen LogP contribution >= 0.6 is 23.4 Å². The van der Waals surface area contributed by atoms with Gasteiger partial charge in [-0.2, -0.15) is 22.7 Å². The van der Waals surface area contributed by atoms with Crippen LogP contribution in [0.3, 0.4) is 0 Å². The van der Waals surface area contributed by atoms with Crippen LogP contribution in [0.4, 0.5) is 18.9 Å². The third-order valence-electron chi connectivity index (χ3n) is 5.05. The van der Waals surface area contributed by atoms with Crippen LogP contribution in [0.25, 0.3) is 11.1 Å². The van der Waals surface area contributed by atoms with Crippen LogP contribution in [0.2, 0.25) is 5.02 Å². The summed E-state index contributed by atoms with van der Waals surface area (Å²) in [6.45, 7) is -0.395. The summed E-state index contributed by atoms with van der Waals surface area (Å²) < 4.78 is 91.6. The van der Waals surface area contributed by atoms with Gasteiger partial charge in [0.25, 0.3) is 0 Å². The first-order valence-corrected chi connectivity index (χ1v) is 14.6. The molecule has 15 heteroatoms. The van der Waals surface area contributed by atoms with Gasteiger partial charge in [0.2, 0.25) is 10.0 Å². The number of halogens is 4. The Labute approximate surface area is 209 Å². The molecular weight excluding hydrogens is 549 g/mol. The highest BCUT2D eigenvalue weighted by atomic mass is 35.5. The summed E-state index contributed by atoms with van der Waals surface area (Å²) in [4.78, 5) is 3.80. The minimum Gasteiger partial charge on any atom is -0.271 e. The monoisotopic (exact) mass is 566 g/mol. The van der Waals surface area contributed by atoms with Gasteiger partial charge in [0.05, 0.1) is 32.7 Å². The van der Waals surface area contributed by atoms with E-state index in [1.807, 2.05) is 0 Å². The molecule has 8 nitrogen and oxygen atoms in total. The highest BCUT2D eigenvalue weighted by Crippen LogP contribution is 2.43. The van der Waals surface area contributed by atoms with Gasteiger partial charge in [0, 0.05) is 18.7 Å². The van der Waals surface area contributed by atoms with Crippen molar-refractivity contribution in [3.05, 3.63) is 47.0 Å². The summed E-state index contributed by atoms with van der Waals surface area (Å²) in [5, 5.41) is 10.8. The fourth-order valence-corrected chi connectivity index (χ4v) is 6.88. The van der Waals surface area contributed by atoms with Crippen molar-refractivity contribution in [3.63, 3.8) is 0 Å². The molecule has 1 N–H and O–H groups in total. The number of amidine groups is 1. The van der Waals surface area contributed by atoms with E-state index in [-0.39, 0.29) is 56.5 Å². The van der Waals surface area contributed by atoms with Gasteiger partial charge >= 0.3 is 6.18 Å². The number of rotatable bonds is 4. The lowest BCUT2D eigenvalue weighted by molar-refractivity contribution is -0.137. The molecular formula is C20H18ClF3N4O4S3. The molecule has 0 bridgehead atoms. The Morgan fingerprint density at radius 2 is 1.80 bits per heavy atom. The highest BCUT2D eigenvalue weighted by molar-refractivity contribution is 8.13. The molecule has 2 aromatic rings. The number of nitriles is 1. The highest BCUT2D eigenvalue weighted by Gasteiger charge is 2.36.